The van der Waals surface area contributed by atoms with E-state index in [9.17, 15) is 0 Å². The van der Waals surface area contributed by atoms with Gasteiger partial charge < -0.3 is 10.5 Å². The van der Waals surface area contributed by atoms with Crippen molar-refractivity contribution in [2.24, 2.45) is 5.73 Å². The van der Waals surface area contributed by atoms with Gasteiger partial charge in [0.2, 0.25) is 0 Å². The Labute approximate surface area is 108 Å². The molecular formula is C13H22N2OS. The van der Waals surface area contributed by atoms with Gasteiger partial charge in [0.25, 0.3) is 0 Å². The van der Waals surface area contributed by atoms with Gasteiger partial charge in [0.1, 0.15) is 0 Å². The fourth-order valence-electron chi connectivity index (χ4n) is 2.34. The van der Waals surface area contributed by atoms with Crippen LogP contribution in [0.2, 0.25) is 0 Å². The Bertz CT molecular complexity index is 353. The number of thiophene rings is 1. The van der Waals surface area contributed by atoms with Crippen LogP contribution < -0.4 is 5.73 Å². The number of rotatable bonds is 4. The van der Waals surface area contributed by atoms with E-state index >= 15 is 0 Å². The van der Waals surface area contributed by atoms with Crippen LogP contribution in [0.1, 0.15) is 29.6 Å². The molecule has 2 rings (SSSR count). The van der Waals surface area contributed by atoms with Gasteiger partial charge in [0.15, 0.2) is 0 Å². The van der Waals surface area contributed by atoms with E-state index in [1.807, 2.05) is 11.3 Å². The van der Waals surface area contributed by atoms with Gasteiger partial charge >= 0.3 is 0 Å². The standard InChI is InChI=1S/C13H22N2OS/c1-3-11-4-5-13(17-11)12(8-14)15-6-7-16-10(2)9-15/h4-5,10,12H,3,6-9,14H2,1-2H3. The van der Waals surface area contributed by atoms with Gasteiger partial charge in [0.05, 0.1) is 18.8 Å². The van der Waals surface area contributed by atoms with Crippen LogP contribution in [-0.4, -0.2) is 37.2 Å². The van der Waals surface area contributed by atoms with Gasteiger partial charge in [-0.2, -0.15) is 0 Å². The highest BCUT2D eigenvalue weighted by Gasteiger charge is 2.25. The number of morpholine rings is 1. The lowest BCUT2D eigenvalue weighted by molar-refractivity contribution is -0.0328. The summed E-state index contributed by atoms with van der Waals surface area (Å²) in [6, 6.07) is 4.83. The summed E-state index contributed by atoms with van der Waals surface area (Å²) in [6.45, 7) is 7.82. The van der Waals surface area contributed by atoms with Crippen molar-refractivity contribution in [1.29, 1.82) is 0 Å². The SMILES string of the molecule is CCc1ccc(C(CN)N2CCOC(C)C2)s1. The molecule has 96 valence electrons. The molecule has 0 saturated carbocycles. The maximum absolute atomic E-state index is 5.96. The van der Waals surface area contributed by atoms with Crippen molar-refractivity contribution >= 4 is 11.3 Å². The monoisotopic (exact) mass is 254 g/mol. The minimum atomic E-state index is 0.323. The summed E-state index contributed by atoms with van der Waals surface area (Å²) in [5, 5.41) is 0. The van der Waals surface area contributed by atoms with Gasteiger partial charge in [-0.25, -0.2) is 0 Å². The lowest BCUT2D eigenvalue weighted by Crippen LogP contribution is -2.44. The van der Waals surface area contributed by atoms with E-state index in [4.69, 9.17) is 10.5 Å². The molecule has 1 saturated heterocycles. The highest BCUT2D eigenvalue weighted by molar-refractivity contribution is 7.12. The Balaban J connectivity index is 2.09. The highest BCUT2D eigenvalue weighted by Crippen LogP contribution is 2.28. The smallest absolute Gasteiger partial charge is 0.0674 e. The number of nitrogens with zero attached hydrogens (tertiary/aromatic N) is 1. The summed E-state index contributed by atoms with van der Waals surface area (Å²) in [4.78, 5) is 5.30. The van der Waals surface area contributed by atoms with Crippen molar-refractivity contribution in [3.8, 4) is 0 Å². The van der Waals surface area contributed by atoms with Crippen molar-refractivity contribution in [3.63, 3.8) is 0 Å². The zero-order valence-electron chi connectivity index (χ0n) is 10.7. The third kappa shape index (κ3) is 3.07. The largest absolute Gasteiger partial charge is 0.376 e. The fourth-order valence-corrected chi connectivity index (χ4v) is 3.44. The number of aryl methyl sites for hydroxylation is 1. The second kappa shape index (κ2) is 5.96. The van der Waals surface area contributed by atoms with Crippen LogP contribution in [0, 0.1) is 0 Å². The van der Waals surface area contributed by atoms with Crippen LogP contribution in [0.3, 0.4) is 0 Å². The molecule has 0 aromatic carbocycles. The minimum Gasteiger partial charge on any atom is -0.376 e. The molecule has 1 aromatic heterocycles. The summed E-state index contributed by atoms with van der Waals surface area (Å²) in [7, 11) is 0. The predicted molar refractivity (Wildman–Crippen MR) is 72.5 cm³/mol. The van der Waals surface area contributed by atoms with Crippen molar-refractivity contribution in [2.45, 2.75) is 32.4 Å². The van der Waals surface area contributed by atoms with E-state index in [0.717, 1.165) is 26.1 Å². The first kappa shape index (κ1) is 13.0. The minimum absolute atomic E-state index is 0.323. The number of hydrogen-bond donors (Lipinski definition) is 1. The van der Waals surface area contributed by atoms with Crippen LogP contribution in [0.15, 0.2) is 12.1 Å². The quantitative estimate of drug-likeness (QED) is 0.893. The van der Waals surface area contributed by atoms with E-state index in [-0.39, 0.29) is 0 Å². The maximum Gasteiger partial charge on any atom is 0.0674 e. The molecule has 2 atom stereocenters. The lowest BCUT2D eigenvalue weighted by Gasteiger charge is -2.36. The van der Waals surface area contributed by atoms with E-state index in [0.29, 0.717) is 18.7 Å². The Morgan fingerprint density at radius 3 is 3.00 bits per heavy atom. The average Bonchev–Trinajstić information content (AvgIpc) is 2.79. The zero-order valence-corrected chi connectivity index (χ0v) is 11.5. The van der Waals surface area contributed by atoms with Crippen LogP contribution in [0.5, 0.6) is 0 Å². The van der Waals surface area contributed by atoms with Crippen molar-refractivity contribution in [2.75, 3.05) is 26.2 Å². The molecular weight excluding hydrogens is 232 g/mol. The van der Waals surface area contributed by atoms with E-state index in [1.54, 1.807) is 0 Å². The van der Waals surface area contributed by atoms with E-state index in [1.165, 1.54) is 9.75 Å². The van der Waals surface area contributed by atoms with Crippen LogP contribution in [0.4, 0.5) is 0 Å². The van der Waals surface area contributed by atoms with Crippen LogP contribution >= 0.6 is 11.3 Å². The first-order chi connectivity index (χ1) is 8.24. The second-order valence-corrected chi connectivity index (χ2v) is 5.79. The molecule has 2 unspecified atom stereocenters. The molecule has 3 nitrogen and oxygen atoms in total. The Kier molecular flexibility index (Phi) is 4.56. The molecule has 1 fully saturated rings. The molecule has 0 radical (unpaired) electrons. The summed E-state index contributed by atoms with van der Waals surface area (Å²) in [6.07, 6.45) is 1.44. The predicted octanol–water partition coefficient (Wildman–Crippen LogP) is 2.03. The second-order valence-electron chi connectivity index (χ2n) is 4.59. The summed E-state index contributed by atoms with van der Waals surface area (Å²) >= 11 is 1.90. The van der Waals surface area contributed by atoms with Crippen LogP contribution in [-0.2, 0) is 11.2 Å². The van der Waals surface area contributed by atoms with Gasteiger partial charge in [-0.1, -0.05) is 6.92 Å². The Morgan fingerprint density at radius 2 is 2.41 bits per heavy atom. The molecule has 2 heterocycles. The number of ether oxygens (including phenoxy) is 1. The van der Waals surface area contributed by atoms with Gasteiger partial charge in [-0.3, -0.25) is 4.90 Å². The molecule has 0 amide bonds. The molecule has 0 aliphatic carbocycles. The zero-order chi connectivity index (χ0) is 12.3. The highest BCUT2D eigenvalue weighted by atomic mass is 32.1. The van der Waals surface area contributed by atoms with Crippen LogP contribution in [0.25, 0.3) is 0 Å². The third-order valence-corrected chi connectivity index (χ3v) is 4.63. The number of nitrogens with two attached hydrogens (primary N) is 1. The van der Waals surface area contributed by atoms with Crippen molar-refractivity contribution in [3.05, 3.63) is 21.9 Å². The van der Waals surface area contributed by atoms with Gasteiger partial charge in [-0.15, -0.1) is 11.3 Å². The van der Waals surface area contributed by atoms with Gasteiger partial charge in [-0.05, 0) is 25.5 Å². The topological polar surface area (TPSA) is 38.5 Å². The fraction of sp³-hybridized carbons (Fsp3) is 0.692. The normalized spacial score (nSPS) is 23.8. The van der Waals surface area contributed by atoms with Crippen molar-refractivity contribution in [1.82, 2.24) is 4.90 Å². The summed E-state index contributed by atoms with van der Waals surface area (Å²) < 4.78 is 5.59. The third-order valence-electron chi connectivity index (χ3n) is 3.30. The van der Waals surface area contributed by atoms with E-state index < -0.39 is 0 Å². The molecule has 4 heteroatoms. The average molecular weight is 254 g/mol. The lowest BCUT2D eigenvalue weighted by atomic mass is 10.1. The van der Waals surface area contributed by atoms with Crippen molar-refractivity contribution < 1.29 is 4.74 Å². The molecule has 2 N–H and O–H groups in total. The molecule has 1 aromatic rings. The maximum atomic E-state index is 5.96. The summed E-state index contributed by atoms with van der Waals surface area (Å²) in [5.41, 5.74) is 5.96. The molecule has 17 heavy (non-hydrogen) atoms. The first-order valence-electron chi connectivity index (χ1n) is 6.39. The Morgan fingerprint density at radius 1 is 1.59 bits per heavy atom. The molecule has 1 aliphatic rings. The molecule has 0 spiro atoms. The first-order valence-corrected chi connectivity index (χ1v) is 7.20. The Hall–Kier alpha value is -0.420. The molecule has 0 bridgehead atoms. The van der Waals surface area contributed by atoms with Gasteiger partial charge in [0, 0.05) is 29.4 Å². The van der Waals surface area contributed by atoms with E-state index in [2.05, 4.69) is 30.9 Å². The molecule has 1 aliphatic heterocycles. The number of hydrogen-bond acceptors (Lipinski definition) is 4. The summed E-state index contributed by atoms with van der Waals surface area (Å²) in [5.74, 6) is 0.